The molecule has 6 heteroatoms. The number of piperazine rings is 1. The minimum atomic E-state index is -2.87. The topological polar surface area (TPSA) is 32.8 Å². The van der Waals surface area contributed by atoms with E-state index in [1.165, 1.54) is 41.5 Å². The number of alkyl halides is 2. The minimum absolute atomic E-state index is 0.0419. The van der Waals surface area contributed by atoms with Crippen molar-refractivity contribution in [2.24, 2.45) is 0 Å². The third-order valence-corrected chi connectivity index (χ3v) is 4.70. The highest BCUT2D eigenvalue weighted by atomic mass is 19.3. The predicted molar refractivity (Wildman–Crippen MR) is 105 cm³/mol. The summed E-state index contributed by atoms with van der Waals surface area (Å²) >= 11 is 0. The fourth-order valence-corrected chi connectivity index (χ4v) is 3.21. The Hall–Kier alpha value is -2.73. The average Bonchev–Trinajstić information content (AvgIpc) is 2.67. The van der Waals surface area contributed by atoms with Crippen molar-refractivity contribution in [1.29, 1.82) is 0 Å². The standard InChI is InChI=1S/C22H24F2N2O2/c1-17-3-2-4-18(15-17)16-26-13-11-25(12-14-26)10-9-21(27)19-5-7-20(8-6-19)28-22(23)24/h2-10,15,22H,11-14,16H2,1H3. The normalized spacial score (nSPS) is 15.4. The van der Waals surface area contributed by atoms with Crippen LogP contribution in [0.15, 0.2) is 60.8 Å². The maximum atomic E-state index is 12.2. The molecule has 0 spiro atoms. The van der Waals surface area contributed by atoms with E-state index in [0.717, 1.165) is 32.7 Å². The summed E-state index contributed by atoms with van der Waals surface area (Å²) in [6.45, 7) is 3.76. The third-order valence-electron chi connectivity index (χ3n) is 4.70. The van der Waals surface area contributed by atoms with E-state index in [9.17, 15) is 13.6 Å². The first-order valence-electron chi connectivity index (χ1n) is 9.29. The van der Waals surface area contributed by atoms with E-state index in [0.29, 0.717) is 5.56 Å². The Morgan fingerprint density at radius 1 is 1.11 bits per heavy atom. The van der Waals surface area contributed by atoms with Crippen molar-refractivity contribution >= 4 is 5.78 Å². The van der Waals surface area contributed by atoms with Gasteiger partial charge in [0, 0.05) is 50.6 Å². The van der Waals surface area contributed by atoms with Gasteiger partial charge in [-0.25, -0.2) is 0 Å². The van der Waals surface area contributed by atoms with Crippen LogP contribution >= 0.6 is 0 Å². The molecule has 148 valence electrons. The summed E-state index contributed by atoms with van der Waals surface area (Å²) in [7, 11) is 0. The van der Waals surface area contributed by atoms with Gasteiger partial charge in [0.1, 0.15) is 5.75 Å². The van der Waals surface area contributed by atoms with Crippen molar-refractivity contribution in [3.05, 3.63) is 77.5 Å². The summed E-state index contributed by atoms with van der Waals surface area (Å²) in [5, 5.41) is 0. The number of nitrogens with zero attached hydrogens (tertiary/aromatic N) is 2. The molecule has 1 heterocycles. The number of halogens is 2. The maximum Gasteiger partial charge on any atom is 0.387 e. The molecule has 1 saturated heterocycles. The van der Waals surface area contributed by atoms with Crippen LogP contribution in [0.5, 0.6) is 5.75 Å². The number of carbonyl (C=O) groups excluding carboxylic acids is 1. The number of carbonyl (C=O) groups is 1. The second-order valence-corrected chi connectivity index (χ2v) is 6.88. The lowest BCUT2D eigenvalue weighted by atomic mass is 10.1. The van der Waals surface area contributed by atoms with E-state index in [4.69, 9.17) is 0 Å². The minimum Gasteiger partial charge on any atom is -0.435 e. The molecule has 4 nitrogen and oxygen atoms in total. The Labute approximate surface area is 164 Å². The Bertz CT molecular complexity index is 814. The number of hydrogen-bond acceptors (Lipinski definition) is 4. The van der Waals surface area contributed by atoms with Crippen LogP contribution in [0.4, 0.5) is 8.78 Å². The molecule has 3 rings (SSSR count). The summed E-state index contributed by atoms with van der Waals surface area (Å²) in [6, 6.07) is 14.3. The zero-order valence-electron chi connectivity index (χ0n) is 15.9. The molecule has 0 aliphatic carbocycles. The van der Waals surface area contributed by atoms with Crippen LogP contribution in [-0.2, 0) is 6.54 Å². The van der Waals surface area contributed by atoms with Crippen LogP contribution in [-0.4, -0.2) is 48.4 Å². The van der Waals surface area contributed by atoms with Gasteiger partial charge in [0.05, 0.1) is 0 Å². The summed E-state index contributed by atoms with van der Waals surface area (Å²) in [5.74, 6) is -0.119. The fourth-order valence-electron chi connectivity index (χ4n) is 3.21. The zero-order valence-corrected chi connectivity index (χ0v) is 15.9. The largest absolute Gasteiger partial charge is 0.435 e. The molecule has 0 aromatic heterocycles. The van der Waals surface area contributed by atoms with Gasteiger partial charge in [-0.15, -0.1) is 0 Å². The molecule has 0 amide bonds. The Morgan fingerprint density at radius 2 is 1.82 bits per heavy atom. The summed E-state index contributed by atoms with van der Waals surface area (Å²) in [6.07, 6.45) is 3.34. The first-order valence-corrected chi connectivity index (χ1v) is 9.29. The van der Waals surface area contributed by atoms with Gasteiger partial charge in [-0.1, -0.05) is 29.8 Å². The van der Waals surface area contributed by atoms with Crippen LogP contribution in [0.25, 0.3) is 0 Å². The molecule has 1 fully saturated rings. The average molecular weight is 386 g/mol. The van der Waals surface area contributed by atoms with Gasteiger partial charge in [0.15, 0.2) is 5.78 Å². The Morgan fingerprint density at radius 3 is 2.46 bits per heavy atom. The second-order valence-electron chi connectivity index (χ2n) is 6.88. The maximum absolute atomic E-state index is 12.2. The van der Waals surface area contributed by atoms with E-state index in [1.807, 2.05) is 6.20 Å². The van der Waals surface area contributed by atoms with Crippen LogP contribution in [0.3, 0.4) is 0 Å². The number of ketones is 1. The lowest BCUT2D eigenvalue weighted by molar-refractivity contribution is -0.0498. The lowest BCUT2D eigenvalue weighted by Gasteiger charge is -2.34. The summed E-state index contributed by atoms with van der Waals surface area (Å²) in [4.78, 5) is 16.8. The monoisotopic (exact) mass is 386 g/mol. The highest BCUT2D eigenvalue weighted by Crippen LogP contribution is 2.16. The van der Waals surface area contributed by atoms with Crippen LogP contribution < -0.4 is 4.74 Å². The number of rotatable bonds is 7. The molecule has 1 aliphatic heterocycles. The first kappa shape index (κ1) is 20.0. The Balaban J connectivity index is 1.47. The van der Waals surface area contributed by atoms with E-state index < -0.39 is 6.61 Å². The van der Waals surface area contributed by atoms with Crippen molar-refractivity contribution in [1.82, 2.24) is 9.80 Å². The lowest BCUT2D eigenvalue weighted by Crippen LogP contribution is -2.43. The van der Waals surface area contributed by atoms with E-state index in [2.05, 4.69) is 45.7 Å². The van der Waals surface area contributed by atoms with E-state index in [-0.39, 0.29) is 11.5 Å². The fraction of sp³-hybridized carbons (Fsp3) is 0.318. The number of hydrogen-bond donors (Lipinski definition) is 0. The molecule has 0 radical (unpaired) electrons. The smallest absolute Gasteiger partial charge is 0.387 e. The zero-order chi connectivity index (χ0) is 19.9. The van der Waals surface area contributed by atoms with Crippen LogP contribution in [0, 0.1) is 6.92 Å². The Kier molecular flexibility index (Phi) is 6.76. The second kappa shape index (κ2) is 9.46. The van der Waals surface area contributed by atoms with E-state index in [1.54, 1.807) is 0 Å². The molecule has 1 aliphatic rings. The molecular formula is C22H24F2N2O2. The highest BCUT2D eigenvalue weighted by molar-refractivity contribution is 6.04. The van der Waals surface area contributed by atoms with E-state index >= 15 is 0 Å². The van der Waals surface area contributed by atoms with Gasteiger partial charge in [-0.3, -0.25) is 9.69 Å². The molecule has 2 aromatic rings. The highest BCUT2D eigenvalue weighted by Gasteiger charge is 2.15. The molecular weight excluding hydrogens is 362 g/mol. The van der Waals surface area contributed by atoms with Crippen molar-refractivity contribution in [3.8, 4) is 5.75 Å². The molecule has 2 aromatic carbocycles. The summed E-state index contributed by atoms with van der Waals surface area (Å²) in [5.41, 5.74) is 3.03. The number of ether oxygens (including phenoxy) is 1. The number of aryl methyl sites for hydroxylation is 1. The summed E-state index contributed by atoms with van der Waals surface area (Å²) < 4.78 is 28.6. The van der Waals surface area contributed by atoms with Crippen molar-refractivity contribution in [2.45, 2.75) is 20.1 Å². The molecule has 0 atom stereocenters. The molecule has 0 saturated carbocycles. The van der Waals surface area contributed by atoms with Crippen molar-refractivity contribution in [3.63, 3.8) is 0 Å². The van der Waals surface area contributed by atoms with Gasteiger partial charge in [0.2, 0.25) is 0 Å². The molecule has 0 N–H and O–H groups in total. The van der Waals surface area contributed by atoms with Gasteiger partial charge < -0.3 is 9.64 Å². The number of allylic oxidation sites excluding steroid dienone is 1. The van der Waals surface area contributed by atoms with Gasteiger partial charge >= 0.3 is 6.61 Å². The quantitative estimate of drug-likeness (QED) is 0.530. The van der Waals surface area contributed by atoms with Gasteiger partial charge in [-0.2, -0.15) is 8.78 Å². The van der Waals surface area contributed by atoms with Crippen LogP contribution in [0.1, 0.15) is 21.5 Å². The SMILES string of the molecule is Cc1cccc(CN2CCN(C=CC(=O)c3ccc(OC(F)F)cc3)CC2)c1. The van der Waals surface area contributed by atoms with Crippen LogP contribution in [0.2, 0.25) is 0 Å². The first-order chi connectivity index (χ1) is 13.5. The molecule has 0 unspecified atom stereocenters. The third kappa shape index (κ3) is 5.89. The van der Waals surface area contributed by atoms with Crippen molar-refractivity contribution < 1.29 is 18.3 Å². The van der Waals surface area contributed by atoms with Crippen molar-refractivity contribution in [2.75, 3.05) is 26.2 Å². The van der Waals surface area contributed by atoms with Gasteiger partial charge in [0.25, 0.3) is 0 Å². The van der Waals surface area contributed by atoms with Gasteiger partial charge in [-0.05, 0) is 36.8 Å². The molecule has 28 heavy (non-hydrogen) atoms. The number of benzene rings is 2. The molecule has 0 bridgehead atoms. The predicted octanol–water partition coefficient (Wildman–Crippen LogP) is 4.11.